The van der Waals surface area contributed by atoms with E-state index in [2.05, 4.69) is 47.8 Å². The van der Waals surface area contributed by atoms with E-state index in [-0.39, 0.29) is 0 Å². The van der Waals surface area contributed by atoms with E-state index in [9.17, 15) is 0 Å². The van der Waals surface area contributed by atoms with Gasteiger partial charge in [-0.05, 0) is 35.7 Å². The predicted molar refractivity (Wildman–Crippen MR) is 85.4 cm³/mol. The minimum atomic E-state index is 0.909. The molecule has 1 aromatic heterocycles. The first-order chi connectivity index (χ1) is 10.3. The van der Waals surface area contributed by atoms with Gasteiger partial charge in [-0.3, -0.25) is 4.68 Å². The Morgan fingerprint density at radius 1 is 1.14 bits per heavy atom. The Bertz CT molecular complexity index is 801. The molecule has 2 aromatic carbocycles. The van der Waals surface area contributed by atoms with Crippen molar-refractivity contribution in [2.45, 2.75) is 19.4 Å². The van der Waals surface area contributed by atoms with Crippen molar-refractivity contribution in [1.29, 1.82) is 0 Å². The summed E-state index contributed by atoms with van der Waals surface area (Å²) in [5, 5.41) is 9.48. The Balaban J connectivity index is 1.79. The molecule has 21 heavy (non-hydrogen) atoms. The zero-order chi connectivity index (χ0) is 14.2. The predicted octanol–water partition coefficient (Wildman–Crippen LogP) is 2.81. The largest absolute Gasteiger partial charge is 0.312 e. The van der Waals surface area contributed by atoms with Gasteiger partial charge in [-0.15, -0.1) is 0 Å². The number of fused-ring (bicyclic) bond motifs is 2. The first kappa shape index (κ1) is 12.6. The maximum atomic E-state index is 4.73. The Hall–Kier alpha value is -2.13. The fourth-order valence-corrected chi connectivity index (χ4v) is 3.35. The normalized spacial score (nSPS) is 14.3. The maximum absolute atomic E-state index is 4.73. The van der Waals surface area contributed by atoms with Crippen LogP contribution in [0.15, 0.2) is 42.5 Å². The molecule has 3 heteroatoms. The monoisotopic (exact) mass is 277 g/mol. The molecule has 0 saturated carbocycles. The molecule has 0 aliphatic carbocycles. The average molecular weight is 277 g/mol. The molecule has 0 amide bonds. The van der Waals surface area contributed by atoms with Crippen molar-refractivity contribution in [2.24, 2.45) is 7.05 Å². The number of para-hydroxylation sites is 1. The lowest BCUT2D eigenvalue weighted by atomic mass is 9.93. The van der Waals surface area contributed by atoms with E-state index in [1.807, 2.05) is 11.7 Å². The van der Waals surface area contributed by atoms with E-state index in [1.54, 1.807) is 0 Å². The van der Waals surface area contributed by atoms with Crippen LogP contribution in [0.1, 0.15) is 22.4 Å². The lowest BCUT2D eigenvalue weighted by molar-refractivity contribution is 0.638. The van der Waals surface area contributed by atoms with Crippen LogP contribution in [0.5, 0.6) is 0 Å². The second-order valence-electron chi connectivity index (χ2n) is 5.75. The van der Waals surface area contributed by atoms with Crippen molar-refractivity contribution in [1.82, 2.24) is 15.1 Å². The maximum Gasteiger partial charge on any atom is 0.0747 e. The van der Waals surface area contributed by atoms with Crippen molar-refractivity contribution in [3.8, 4) is 0 Å². The summed E-state index contributed by atoms with van der Waals surface area (Å²) in [5.74, 6) is 0. The Morgan fingerprint density at radius 3 is 3.00 bits per heavy atom. The Morgan fingerprint density at radius 2 is 2.05 bits per heavy atom. The van der Waals surface area contributed by atoms with Crippen LogP contribution < -0.4 is 5.32 Å². The summed E-state index contributed by atoms with van der Waals surface area (Å²) in [6, 6.07) is 15.2. The molecule has 2 heterocycles. The van der Waals surface area contributed by atoms with Gasteiger partial charge < -0.3 is 5.32 Å². The molecule has 0 radical (unpaired) electrons. The second-order valence-corrected chi connectivity index (χ2v) is 5.75. The van der Waals surface area contributed by atoms with Crippen molar-refractivity contribution in [3.63, 3.8) is 0 Å². The molecule has 3 aromatic rings. The van der Waals surface area contributed by atoms with Crippen molar-refractivity contribution in [2.75, 3.05) is 6.54 Å². The molecular formula is C18H19N3. The molecule has 3 nitrogen and oxygen atoms in total. The Kier molecular flexibility index (Phi) is 3.00. The zero-order valence-electron chi connectivity index (χ0n) is 12.3. The molecule has 106 valence electrons. The molecule has 0 spiro atoms. The highest BCUT2D eigenvalue weighted by Gasteiger charge is 2.15. The van der Waals surface area contributed by atoms with E-state index in [1.165, 1.54) is 33.3 Å². The van der Waals surface area contributed by atoms with Crippen LogP contribution in [0, 0.1) is 0 Å². The minimum absolute atomic E-state index is 0.909. The molecule has 1 aliphatic rings. The smallest absolute Gasteiger partial charge is 0.0747 e. The number of aromatic nitrogens is 2. The highest BCUT2D eigenvalue weighted by molar-refractivity contribution is 5.82. The van der Waals surface area contributed by atoms with Crippen LogP contribution in [0.25, 0.3) is 10.9 Å². The van der Waals surface area contributed by atoms with Gasteiger partial charge in [-0.2, -0.15) is 5.10 Å². The van der Waals surface area contributed by atoms with Gasteiger partial charge >= 0.3 is 0 Å². The molecule has 4 rings (SSSR count). The summed E-state index contributed by atoms with van der Waals surface area (Å²) in [7, 11) is 2.02. The molecular weight excluding hydrogens is 258 g/mol. The van der Waals surface area contributed by atoms with Crippen molar-refractivity contribution < 1.29 is 0 Å². The third kappa shape index (κ3) is 2.14. The van der Waals surface area contributed by atoms with E-state index in [4.69, 9.17) is 5.10 Å². The van der Waals surface area contributed by atoms with Crippen LogP contribution >= 0.6 is 0 Å². The van der Waals surface area contributed by atoms with Gasteiger partial charge in [-0.1, -0.05) is 36.4 Å². The molecule has 0 unspecified atom stereocenters. The minimum Gasteiger partial charge on any atom is -0.312 e. The summed E-state index contributed by atoms with van der Waals surface area (Å²) in [5.41, 5.74) is 6.75. The quantitative estimate of drug-likeness (QED) is 0.780. The summed E-state index contributed by atoms with van der Waals surface area (Å²) in [4.78, 5) is 0. The molecule has 1 aliphatic heterocycles. The zero-order valence-corrected chi connectivity index (χ0v) is 12.3. The van der Waals surface area contributed by atoms with Gasteiger partial charge in [0.2, 0.25) is 0 Å². The van der Waals surface area contributed by atoms with E-state index < -0.39 is 0 Å². The molecule has 0 bridgehead atoms. The van der Waals surface area contributed by atoms with Crippen molar-refractivity contribution in [3.05, 3.63) is 64.8 Å². The average Bonchev–Trinajstić information content (AvgIpc) is 2.85. The van der Waals surface area contributed by atoms with Gasteiger partial charge in [-0.25, -0.2) is 0 Å². The summed E-state index contributed by atoms with van der Waals surface area (Å²) < 4.78 is 1.98. The van der Waals surface area contributed by atoms with Crippen LogP contribution in [-0.4, -0.2) is 16.3 Å². The summed E-state index contributed by atoms with van der Waals surface area (Å²) in [6.45, 7) is 2.07. The number of nitrogens with one attached hydrogen (secondary N) is 1. The van der Waals surface area contributed by atoms with E-state index in [0.29, 0.717) is 0 Å². The first-order valence-corrected chi connectivity index (χ1v) is 7.54. The van der Waals surface area contributed by atoms with Gasteiger partial charge in [0.15, 0.2) is 0 Å². The van der Waals surface area contributed by atoms with Gasteiger partial charge in [0.05, 0.1) is 11.2 Å². The first-order valence-electron chi connectivity index (χ1n) is 7.54. The fourth-order valence-electron chi connectivity index (χ4n) is 3.35. The van der Waals surface area contributed by atoms with Crippen molar-refractivity contribution >= 4 is 10.9 Å². The number of rotatable bonds is 2. The number of hydrogen-bond donors (Lipinski definition) is 1. The SMILES string of the molecule is Cn1nc(Cc2cccc3c2CNCC3)c2ccccc21. The number of hydrogen-bond acceptors (Lipinski definition) is 2. The summed E-state index contributed by atoms with van der Waals surface area (Å²) in [6.07, 6.45) is 2.04. The Labute approximate surface area is 124 Å². The van der Waals surface area contributed by atoms with E-state index >= 15 is 0 Å². The lowest BCUT2D eigenvalue weighted by Gasteiger charge is -2.20. The lowest BCUT2D eigenvalue weighted by Crippen LogP contribution is -2.24. The van der Waals surface area contributed by atoms with Crippen LogP contribution in [0.3, 0.4) is 0 Å². The number of aryl methyl sites for hydroxylation is 1. The number of benzene rings is 2. The fraction of sp³-hybridized carbons (Fsp3) is 0.278. The topological polar surface area (TPSA) is 29.9 Å². The highest BCUT2D eigenvalue weighted by Crippen LogP contribution is 2.24. The summed E-state index contributed by atoms with van der Waals surface area (Å²) >= 11 is 0. The van der Waals surface area contributed by atoms with Gasteiger partial charge in [0.25, 0.3) is 0 Å². The third-order valence-corrected chi connectivity index (χ3v) is 4.44. The second kappa shape index (κ2) is 5.01. The molecule has 0 fully saturated rings. The van der Waals surface area contributed by atoms with Gasteiger partial charge in [0.1, 0.15) is 0 Å². The number of nitrogens with zero attached hydrogens (tertiary/aromatic N) is 2. The van der Waals surface area contributed by atoms with Crippen LogP contribution in [0.4, 0.5) is 0 Å². The highest BCUT2D eigenvalue weighted by atomic mass is 15.3. The molecule has 0 atom stereocenters. The van der Waals surface area contributed by atoms with Gasteiger partial charge in [0, 0.05) is 25.4 Å². The van der Waals surface area contributed by atoms with Crippen LogP contribution in [0.2, 0.25) is 0 Å². The standard InChI is InChI=1S/C18H19N3/c1-21-18-8-3-2-7-15(18)17(20-21)11-14-6-4-5-13-9-10-19-12-16(13)14/h2-8,19H,9-12H2,1H3. The van der Waals surface area contributed by atoms with Crippen LogP contribution in [-0.2, 0) is 26.4 Å². The van der Waals surface area contributed by atoms with E-state index in [0.717, 1.165) is 25.9 Å². The molecule has 1 N–H and O–H groups in total. The third-order valence-electron chi connectivity index (χ3n) is 4.44. The molecule has 0 saturated heterocycles.